The molecule has 0 aromatic rings. The van der Waals surface area contributed by atoms with Gasteiger partial charge < -0.3 is 9.69 Å². The lowest BCUT2D eigenvalue weighted by molar-refractivity contribution is -0.108. The highest BCUT2D eigenvalue weighted by atomic mass is 16.1. The second-order valence-electron chi connectivity index (χ2n) is 5.79. The predicted molar refractivity (Wildman–Crippen MR) is 84.6 cm³/mol. The molecule has 2 heteroatoms. The minimum Gasteiger partial charge on any atom is -0.306 e. The summed E-state index contributed by atoms with van der Waals surface area (Å²) in [7, 11) is 2.17. The minimum absolute atomic E-state index is 0.711. The van der Waals surface area contributed by atoms with Crippen molar-refractivity contribution in [3.8, 4) is 0 Å². The van der Waals surface area contributed by atoms with E-state index in [2.05, 4.69) is 18.9 Å². The molecule has 114 valence electrons. The van der Waals surface area contributed by atoms with Crippen molar-refractivity contribution in [3.05, 3.63) is 0 Å². The van der Waals surface area contributed by atoms with Crippen LogP contribution in [0.3, 0.4) is 0 Å². The molecule has 0 radical (unpaired) electrons. The molecule has 0 saturated heterocycles. The van der Waals surface area contributed by atoms with Crippen molar-refractivity contribution in [2.45, 2.75) is 84.0 Å². The SMILES string of the molecule is CCCCCCCCCCCCN(C)CCCC=O. The van der Waals surface area contributed by atoms with Gasteiger partial charge in [-0.2, -0.15) is 0 Å². The zero-order chi connectivity index (χ0) is 14.2. The van der Waals surface area contributed by atoms with Crippen molar-refractivity contribution in [1.29, 1.82) is 0 Å². The Bertz CT molecular complexity index is 182. The van der Waals surface area contributed by atoms with Crippen LogP contribution in [0.1, 0.15) is 84.0 Å². The maximum atomic E-state index is 10.2. The molecule has 0 rings (SSSR count). The molecule has 0 saturated carbocycles. The van der Waals surface area contributed by atoms with Gasteiger partial charge in [-0.05, 0) is 33.0 Å². The van der Waals surface area contributed by atoms with E-state index in [4.69, 9.17) is 0 Å². The van der Waals surface area contributed by atoms with Gasteiger partial charge in [-0.3, -0.25) is 0 Å². The summed E-state index contributed by atoms with van der Waals surface area (Å²) in [6, 6.07) is 0. The first-order valence-corrected chi connectivity index (χ1v) is 8.43. The summed E-state index contributed by atoms with van der Waals surface area (Å²) in [5.74, 6) is 0. The van der Waals surface area contributed by atoms with E-state index >= 15 is 0 Å². The van der Waals surface area contributed by atoms with Crippen LogP contribution in [0.5, 0.6) is 0 Å². The molecule has 0 amide bonds. The first-order valence-electron chi connectivity index (χ1n) is 8.43. The van der Waals surface area contributed by atoms with Gasteiger partial charge in [0.2, 0.25) is 0 Å². The van der Waals surface area contributed by atoms with Gasteiger partial charge in [-0.25, -0.2) is 0 Å². The van der Waals surface area contributed by atoms with E-state index in [1.54, 1.807) is 0 Å². The highest BCUT2D eigenvalue weighted by molar-refractivity contribution is 5.48. The fourth-order valence-corrected chi connectivity index (χ4v) is 2.43. The number of unbranched alkanes of at least 4 members (excludes halogenated alkanes) is 10. The van der Waals surface area contributed by atoms with Gasteiger partial charge in [0.05, 0.1) is 0 Å². The van der Waals surface area contributed by atoms with Crippen LogP contribution in [-0.2, 0) is 4.79 Å². The molecule has 0 fully saturated rings. The smallest absolute Gasteiger partial charge is 0.120 e. The zero-order valence-electron chi connectivity index (χ0n) is 13.3. The summed E-state index contributed by atoms with van der Waals surface area (Å²) >= 11 is 0. The van der Waals surface area contributed by atoms with E-state index < -0.39 is 0 Å². The van der Waals surface area contributed by atoms with E-state index in [1.807, 2.05) is 0 Å². The molecule has 0 bridgehead atoms. The van der Waals surface area contributed by atoms with Crippen molar-refractivity contribution in [2.75, 3.05) is 20.1 Å². The molecule has 0 N–H and O–H groups in total. The quantitative estimate of drug-likeness (QED) is 0.314. The average Bonchev–Trinajstić information content (AvgIpc) is 2.41. The molecule has 0 unspecified atom stereocenters. The molecular formula is C17H35NO. The summed E-state index contributed by atoms with van der Waals surface area (Å²) in [6.45, 7) is 4.53. The van der Waals surface area contributed by atoms with Gasteiger partial charge >= 0.3 is 0 Å². The van der Waals surface area contributed by atoms with Crippen LogP contribution in [-0.4, -0.2) is 31.3 Å². The van der Waals surface area contributed by atoms with Crippen LogP contribution in [0, 0.1) is 0 Å². The number of hydrogen-bond acceptors (Lipinski definition) is 2. The summed E-state index contributed by atoms with van der Waals surface area (Å²) in [4.78, 5) is 12.6. The van der Waals surface area contributed by atoms with Crippen LogP contribution in [0.2, 0.25) is 0 Å². The first-order chi connectivity index (χ1) is 9.31. The second-order valence-corrected chi connectivity index (χ2v) is 5.79. The number of hydrogen-bond donors (Lipinski definition) is 0. The molecule has 0 aliphatic heterocycles. The van der Waals surface area contributed by atoms with E-state index in [0.717, 1.165) is 19.3 Å². The first kappa shape index (κ1) is 18.6. The number of aldehydes is 1. The van der Waals surface area contributed by atoms with Gasteiger partial charge in [-0.15, -0.1) is 0 Å². The lowest BCUT2D eigenvalue weighted by Crippen LogP contribution is -2.20. The van der Waals surface area contributed by atoms with E-state index in [9.17, 15) is 4.79 Å². The van der Waals surface area contributed by atoms with Crippen LogP contribution < -0.4 is 0 Å². The predicted octanol–water partition coefficient (Wildman–Crippen LogP) is 4.82. The molecule has 0 aliphatic rings. The van der Waals surface area contributed by atoms with Crippen LogP contribution in [0.15, 0.2) is 0 Å². The molecule has 0 atom stereocenters. The highest BCUT2D eigenvalue weighted by Crippen LogP contribution is 2.10. The minimum atomic E-state index is 0.711. The molecule has 0 aromatic carbocycles. The third kappa shape index (κ3) is 15.6. The Balaban J connectivity index is 3.07. The normalized spacial score (nSPS) is 11.1. The van der Waals surface area contributed by atoms with Gasteiger partial charge in [0.25, 0.3) is 0 Å². The Labute approximate surface area is 120 Å². The third-order valence-corrected chi connectivity index (χ3v) is 3.76. The van der Waals surface area contributed by atoms with Crippen LogP contribution >= 0.6 is 0 Å². The van der Waals surface area contributed by atoms with Crippen LogP contribution in [0.25, 0.3) is 0 Å². The molecule has 0 heterocycles. The Morgan fingerprint density at radius 1 is 0.737 bits per heavy atom. The number of rotatable bonds is 15. The Hall–Kier alpha value is -0.370. The van der Waals surface area contributed by atoms with Crippen molar-refractivity contribution >= 4 is 6.29 Å². The molecule has 19 heavy (non-hydrogen) atoms. The largest absolute Gasteiger partial charge is 0.306 e. The zero-order valence-corrected chi connectivity index (χ0v) is 13.3. The summed E-state index contributed by atoms with van der Waals surface area (Å²) in [5.41, 5.74) is 0. The van der Waals surface area contributed by atoms with Crippen LogP contribution in [0.4, 0.5) is 0 Å². The highest BCUT2D eigenvalue weighted by Gasteiger charge is 1.98. The Morgan fingerprint density at radius 2 is 1.21 bits per heavy atom. The lowest BCUT2D eigenvalue weighted by atomic mass is 10.1. The number of carbonyl (C=O) groups is 1. The van der Waals surface area contributed by atoms with E-state index in [-0.39, 0.29) is 0 Å². The van der Waals surface area contributed by atoms with Crippen molar-refractivity contribution < 1.29 is 4.79 Å². The fraction of sp³-hybridized carbons (Fsp3) is 0.941. The molecule has 0 spiro atoms. The third-order valence-electron chi connectivity index (χ3n) is 3.76. The van der Waals surface area contributed by atoms with Crippen molar-refractivity contribution in [3.63, 3.8) is 0 Å². The summed E-state index contributed by atoms with van der Waals surface area (Å²) < 4.78 is 0. The van der Waals surface area contributed by atoms with E-state index in [1.165, 1.54) is 70.8 Å². The second kappa shape index (κ2) is 15.7. The number of nitrogens with zero attached hydrogens (tertiary/aromatic N) is 1. The summed E-state index contributed by atoms with van der Waals surface area (Å²) in [6.07, 6.45) is 16.7. The van der Waals surface area contributed by atoms with E-state index in [0.29, 0.717) is 6.42 Å². The number of carbonyl (C=O) groups excluding carboxylic acids is 1. The Morgan fingerprint density at radius 3 is 1.74 bits per heavy atom. The standard InChI is InChI=1S/C17H35NO/c1-3-4-5-6-7-8-9-10-11-12-15-18(2)16-13-14-17-19/h17H,3-16H2,1-2H3. The van der Waals surface area contributed by atoms with Gasteiger partial charge in [0.1, 0.15) is 6.29 Å². The Kier molecular flexibility index (Phi) is 15.4. The molecule has 2 nitrogen and oxygen atoms in total. The maximum absolute atomic E-state index is 10.2. The molecule has 0 aliphatic carbocycles. The van der Waals surface area contributed by atoms with Crippen molar-refractivity contribution in [1.82, 2.24) is 4.90 Å². The summed E-state index contributed by atoms with van der Waals surface area (Å²) in [5, 5.41) is 0. The maximum Gasteiger partial charge on any atom is 0.120 e. The van der Waals surface area contributed by atoms with Crippen molar-refractivity contribution in [2.24, 2.45) is 0 Å². The fourth-order valence-electron chi connectivity index (χ4n) is 2.43. The topological polar surface area (TPSA) is 20.3 Å². The van der Waals surface area contributed by atoms with Gasteiger partial charge in [0.15, 0.2) is 0 Å². The van der Waals surface area contributed by atoms with Gasteiger partial charge in [0, 0.05) is 6.42 Å². The average molecular weight is 269 g/mol. The molecular weight excluding hydrogens is 234 g/mol. The molecule has 0 aromatic heterocycles. The lowest BCUT2D eigenvalue weighted by Gasteiger charge is -2.15. The van der Waals surface area contributed by atoms with Gasteiger partial charge in [-0.1, -0.05) is 64.7 Å². The monoisotopic (exact) mass is 269 g/mol.